The largest absolute Gasteiger partial charge is 0.342 e. The number of aryl methyl sites for hydroxylation is 1. The number of amides is 1. The summed E-state index contributed by atoms with van der Waals surface area (Å²) >= 11 is 0. The molecule has 1 saturated carbocycles. The Morgan fingerprint density at radius 1 is 1.07 bits per heavy atom. The Labute approximate surface area is 179 Å². The summed E-state index contributed by atoms with van der Waals surface area (Å²) in [6.45, 7) is 3.43. The zero-order chi connectivity index (χ0) is 21.3. The molecule has 6 heteroatoms. The SMILES string of the molecule is Cc1ccc(-c2ccccc2)c(C2CC2C(=O)N2CCCC(NS(C)(=O)=O)CC2)c1. The first kappa shape index (κ1) is 21.1. The fourth-order valence-corrected chi connectivity index (χ4v) is 5.49. The van der Waals surface area contributed by atoms with Crippen molar-refractivity contribution >= 4 is 15.9 Å². The molecule has 5 nitrogen and oxygen atoms in total. The van der Waals surface area contributed by atoms with Gasteiger partial charge in [-0.1, -0.05) is 54.1 Å². The molecule has 1 aliphatic carbocycles. The minimum atomic E-state index is -3.22. The Kier molecular flexibility index (Phi) is 5.98. The lowest BCUT2D eigenvalue weighted by atomic mass is 9.94. The fraction of sp³-hybridized carbons (Fsp3) is 0.458. The van der Waals surface area contributed by atoms with Gasteiger partial charge in [-0.2, -0.15) is 0 Å². The highest BCUT2D eigenvalue weighted by Crippen LogP contribution is 2.51. The summed E-state index contributed by atoms with van der Waals surface area (Å²) in [6.07, 6.45) is 4.37. The molecule has 1 saturated heterocycles. The lowest BCUT2D eigenvalue weighted by Crippen LogP contribution is -2.36. The Morgan fingerprint density at radius 3 is 2.57 bits per heavy atom. The van der Waals surface area contributed by atoms with Crippen molar-refractivity contribution < 1.29 is 13.2 Å². The van der Waals surface area contributed by atoms with Crippen molar-refractivity contribution in [3.8, 4) is 11.1 Å². The number of carbonyl (C=O) groups excluding carboxylic acids is 1. The number of hydrogen-bond acceptors (Lipinski definition) is 3. The Morgan fingerprint density at radius 2 is 1.83 bits per heavy atom. The summed E-state index contributed by atoms with van der Waals surface area (Å²) in [5.41, 5.74) is 4.89. The van der Waals surface area contributed by atoms with E-state index in [-0.39, 0.29) is 23.8 Å². The predicted molar refractivity (Wildman–Crippen MR) is 120 cm³/mol. The van der Waals surface area contributed by atoms with Crippen molar-refractivity contribution in [2.45, 2.75) is 44.6 Å². The van der Waals surface area contributed by atoms with E-state index in [0.29, 0.717) is 19.5 Å². The van der Waals surface area contributed by atoms with Gasteiger partial charge in [0.05, 0.1) is 6.26 Å². The van der Waals surface area contributed by atoms with Gasteiger partial charge in [-0.05, 0) is 55.2 Å². The van der Waals surface area contributed by atoms with E-state index in [1.54, 1.807) is 0 Å². The fourth-order valence-electron chi connectivity index (χ4n) is 4.65. The highest BCUT2D eigenvalue weighted by molar-refractivity contribution is 7.88. The van der Waals surface area contributed by atoms with Gasteiger partial charge in [-0.3, -0.25) is 4.79 Å². The Balaban J connectivity index is 1.46. The van der Waals surface area contributed by atoms with Gasteiger partial charge in [0.1, 0.15) is 0 Å². The lowest BCUT2D eigenvalue weighted by molar-refractivity contribution is -0.132. The molecular weight excluding hydrogens is 396 g/mol. The molecule has 0 aromatic heterocycles. The maximum Gasteiger partial charge on any atom is 0.226 e. The minimum Gasteiger partial charge on any atom is -0.342 e. The van der Waals surface area contributed by atoms with Crippen LogP contribution in [0.25, 0.3) is 11.1 Å². The van der Waals surface area contributed by atoms with E-state index in [1.807, 2.05) is 23.1 Å². The molecule has 4 rings (SSSR count). The molecule has 30 heavy (non-hydrogen) atoms. The number of likely N-dealkylation sites (tertiary alicyclic amines) is 1. The molecule has 160 valence electrons. The molecular formula is C24H30N2O3S. The molecule has 1 aliphatic heterocycles. The number of sulfonamides is 1. The minimum absolute atomic E-state index is 0.0358. The molecule has 0 spiro atoms. The molecule has 2 aliphatic rings. The van der Waals surface area contributed by atoms with Crippen LogP contribution in [-0.4, -0.2) is 44.6 Å². The van der Waals surface area contributed by atoms with Gasteiger partial charge >= 0.3 is 0 Å². The summed E-state index contributed by atoms with van der Waals surface area (Å²) in [6, 6.07) is 16.8. The molecule has 3 atom stereocenters. The smallest absolute Gasteiger partial charge is 0.226 e. The van der Waals surface area contributed by atoms with E-state index in [0.717, 1.165) is 19.3 Å². The van der Waals surface area contributed by atoms with Crippen LogP contribution < -0.4 is 4.72 Å². The second-order valence-electron chi connectivity index (χ2n) is 8.75. The highest BCUT2D eigenvalue weighted by Gasteiger charge is 2.46. The van der Waals surface area contributed by atoms with Crippen molar-refractivity contribution in [1.82, 2.24) is 9.62 Å². The summed E-state index contributed by atoms with van der Waals surface area (Å²) in [7, 11) is -3.22. The van der Waals surface area contributed by atoms with E-state index in [2.05, 4.69) is 42.0 Å². The van der Waals surface area contributed by atoms with Crippen molar-refractivity contribution in [3.05, 3.63) is 59.7 Å². The van der Waals surface area contributed by atoms with Gasteiger partial charge in [0.25, 0.3) is 0 Å². The maximum absolute atomic E-state index is 13.2. The van der Waals surface area contributed by atoms with Crippen LogP contribution in [0.1, 0.15) is 42.7 Å². The third kappa shape index (κ3) is 4.93. The average molecular weight is 427 g/mol. The highest BCUT2D eigenvalue weighted by atomic mass is 32.2. The molecule has 1 heterocycles. The number of benzene rings is 2. The van der Waals surface area contributed by atoms with Crippen molar-refractivity contribution in [3.63, 3.8) is 0 Å². The number of nitrogens with one attached hydrogen (secondary N) is 1. The van der Waals surface area contributed by atoms with Crippen LogP contribution in [0, 0.1) is 12.8 Å². The zero-order valence-electron chi connectivity index (χ0n) is 17.7. The molecule has 0 radical (unpaired) electrons. The Bertz CT molecular complexity index is 1020. The second kappa shape index (κ2) is 8.52. The molecule has 1 N–H and O–H groups in total. The van der Waals surface area contributed by atoms with Crippen LogP contribution in [0.15, 0.2) is 48.5 Å². The standard InChI is InChI=1S/C24H30N2O3S/c1-17-10-11-20(18-7-4-3-5-8-18)21(15-17)22-16-23(22)24(27)26-13-6-9-19(12-14-26)25-30(2,28)29/h3-5,7-8,10-11,15,19,22-23,25H,6,9,12-14,16H2,1-2H3. The van der Waals surface area contributed by atoms with Crippen LogP contribution in [0.4, 0.5) is 0 Å². The predicted octanol–water partition coefficient (Wildman–Crippen LogP) is 3.70. The molecule has 0 bridgehead atoms. The first-order valence-corrected chi connectivity index (χ1v) is 12.6. The van der Waals surface area contributed by atoms with Gasteiger partial charge in [-0.15, -0.1) is 0 Å². The van der Waals surface area contributed by atoms with E-state index in [1.165, 1.54) is 28.5 Å². The van der Waals surface area contributed by atoms with Crippen molar-refractivity contribution in [2.24, 2.45) is 5.92 Å². The number of nitrogens with zero attached hydrogens (tertiary/aromatic N) is 1. The normalized spacial score (nSPS) is 24.3. The first-order valence-electron chi connectivity index (χ1n) is 10.7. The third-order valence-electron chi connectivity index (χ3n) is 6.22. The second-order valence-corrected chi connectivity index (χ2v) is 10.5. The van der Waals surface area contributed by atoms with Gasteiger partial charge in [-0.25, -0.2) is 13.1 Å². The first-order chi connectivity index (χ1) is 14.3. The quantitative estimate of drug-likeness (QED) is 0.793. The van der Waals surface area contributed by atoms with Crippen LogP contribution in [-0.2, 0) is 14.8 Å². The van der Waals surface area contributed by atoms with E-state index < -0.39 is 10.0 Å². The number of carbonyl (C=O) groups is 1. The summed E-state index contributed by atoms with van der Waals surface area (Å²) in [5, 5.41) is 0. The van der Waals surface area contributed by atoms with E-state index in [9.17, 15) is 13.2 Å². The average Bonchev–Trinajstić information content (AvgIpc) is 3.51. The summed E-state index contributed by atoms with van der Waals surface area (Å²) < 4.78 is 25.8. The van der Waals surface area contributed by atoms with Gasteiger partial charge in [0.15, 0.2) is 0 Å². The number of hydrogen-bond donors (Lipinski definition) is 1. The van der Waals surface area contributed by atoms with Crippen LogP contribution >= 0.6 is 0 Å². The van der Waals surface area contributed by atoms with Gasteiger partial charge in [0, 0.05) is 25.0 Å². The van der Waals surface area contributed by atoms with Crippen LogP contribution in [0.3, 0.4) is 0 Å². The maximum atomic E-state index is 13.2. The lowest BCUT2D eigenvalue weighted by Gasteiger charge is -2.21. The molecule has 2 aromatic rings. The molecule has 3 unspecified atom stereocenters. The zero-order valence-corrected chi connectivity index (χ0v) is 18.5. The van der Waals surface area contributed by atoms with Gasteiger partial charge in [0.2, 0.25) is 15.9 Å². The topological polar surface area (TPSA) is 66.5 Å². The number of rotatable bonds is 5. The van der Waals surface area contributed by atoms with E-state index >= 15 is 0 Å². The van der Waals surface area contributed by atoms with Gasteiger partial charge < -0.3 is 4.90 Å². The Hall–Kier alpha value is -2.18. The summed E-state index contributed by atoms with van der Waals surface area (Å²) in [4.78, 5) is 15.2. The molecule has 2 fully saturated rings. The van der Waals surface area contributed by atoms with Crippen LogP contribution in [0.5, 0.6) is 0 Å². The summed E-state index contributed by atoms with van der Waals surface area (Å²) in [5.74, 6) is 0.523. The molecule has 2 aromatic carbocycles. The van der Waals surface area contributed by atoms with E-state index in [4.69, 9.17) is 0 Å². The van der Waals surface area contributed by atoms with Crippen LogP contribution in [0.2, 0.25) is 0 Å². The van der Waals surface area contributed by atoms with Crippen molar-refractivity contribution in [2.75, 3.05) is 19.3 Å². The van der Waals surface area contributed by atoms with Crippen molar-refractivity contribution in [1.29, 1.82) is 0 Å². The third-order valence-corrected chi connectivity index (χ3v) is 6.98. The molecule has 1 amide bonds. The monoisotopic (exact) mass is 426 g/mol.